The lowest BCUT2D eigenvalue weighted by Crippen LogP contribution is -2.22. The van der Waals surface area contributed by atoms with Gasteiger partial charge in [-0.2, -0.15) is 5.10 Å². The van der Waals surface area contributed by atoms with Gasteiger partial charge in [0.05, 0.1) is 18.3 Å². The first-order valence-corrected chi connectivity index (χ1v) is 8.90. The van der Waals surface area contributed by atoms with Crippen molar-refractivity contribution in [1.82, 2.24) is 9.78 Å². The molecule has 7 nitrogen and oxygen atoms in total. The van der Waals surface area contributed by atoms with Crippen molar-refractivity contribution in [3.8, 4) is 0 Å². The van der Waals surface area contributed by atoms with E-state index in [1.165, 1.54) is 25.9 Å². The summed E-state index contributed by atoms with van der Waals surface area (Å²) in [6, 6.07) is 6.76. The summed E-state index contributed by atoms with van der Waals surface area (Å²) in [5.74, 6) is -2.51. The quantitative estimate of drug-likeness (QED) is 0.590. The molecule has 0 unspecified atom stereocenters. The van der Waals surface area contributed by atoms with Crippen molar-refractivity contribution in [3.05, 3.63) is 41.4 Å². The van der Waals surface area contributed by atoms with Crippen molar-refractivity contribution in [1.29, 1.82) is 0 Å². The molecule has 3 aromatic rings. The number of carbonyl (C=O) groups is 2. The van der Waals surface area contributed by atoms with Gasteiger partial charge in [-0.15, -0.1) is 11.3 Å². The van der Waals surface area contributed by atoms with E-state index in [0.29, 0.717) is 12.2 Å². The molecule has 0 spiro atoms. The number of nitrogens with two attached hydrogens (primary N) is 1. The van der Waals surface area contributed by atoms with Crippen LogP contribution in [0.25, 0.3) is 21.0 Å². The number of thiophene rings is 1. The summed E-state index contributed by atoms with van der Waals surface area (Å²) in [6.45, 7) is 4.97. The van der Waals surface area contributed by atoms with Crippen molar-refractivity contribution < 1.29 is 19.8 Å². The van der Waals surface area contributed by atoms with Gasteiger partial charge in [0.2, 0.25) is 0 Å². The van der Waals surface area contributed by atoms with Gasteiger partial charge >= 0.3 is 11.9 Å². The Morgan fingerprint density at radius 1 is 1.31 bits per heavy atom. The third kappa shape index (κ3) is 4.90. The maximum Gasteiger partial charge on any atom is 0.328 e. The third-order valence-corrected chi connectivity index (χ3v) is 4.77. The first-order chi connectivity index (χ1) is 12.3. The van der Waals surface area contributed by atoms with Crippen LogP contribution in [0.5, 0.6) is 0 Å². The lowest BCUT2D eigenvalue weighted by Gasteiger charge is -2.07. The second-order valence-corrected chi connectivity index (χ2v) is 6.96. The summed E-state index contributed by atoms with van der Waals surface area (Å²) in [5, 5.41) is 22.6. The third-order valence-electron chi connectivity index (χ3n) is 3.53. The molecule has 0 amide bonds. The molecule has 0 aliphatic heterocycles. The number of aliphatic carboxylic acids is 2. The zero-order chi connectivity index (χ0) is 19.3. The van der Waals surface area contributed by atoms with Crippen LogP contribution in [-0.2, 0) is 22.6 Å². The number of benzene rings is 1. The Balaban J connectivity index is 0.000000260. The molecule has 0 fully saturated rings. The number of fused-ring (bicyclic) bond motifs is 3. The van der Waals surface area contributed by atoms with Gasteiger partial charge in [0, 0.05) is 38.5 Å². The Morgan fingerprint density at radius 3 is 2.50 bits per heavy atom. The van der Waals surface area contributed by atoms with E-state index in [-0.39, 0.29) is 6.04 Å². The van der Waals surface area contributed by atoms with Crippen LogP contribution in [0.4, 0.5) is 0 Å². The van der Waals surface area contributed by atoms with E-state index in [2.05, 4.69) is 30.2 Å². The molecular weight excluding hydrogens is 354 g/mol. The molecule has 1 atom stereocenters. The van der Waals surface area contributed by atoms with Crippen LogP contribution < -0.4 is 5.73 Å². The predicted octanol–water partition coefficient (Wildman–Crippen LogP) is 2.87. The molecule has 0 aliphatic carbocycles. The number of rotatable bonds is 5. The molecule has 2 aromatic heterocycles. The number of hydrogen-bond acceptors (Lipinski definition) is 5. The molecule has 3 rings (SSSR count). The summed E-state index contributed by atoms with van der Waals surface area (Å²) in [5.41, 5.74) is 7.11. The zero-order valence-electron chi connectivity index (χ0n) is 14.5. The molecule has 0 saturated carbocycles. The van der Waals surface area contributed by atoms with Gasteiger partial charge in [-0.25, -0.2) is 9.59 Å². The Labute approximate surface area is 154 Å². The minimum absolute atomic E-state index is 0.118. The van der Waals surface area contributed by atoms with Crippen molar-refractivity contribution in [3.63, 3.8) is 0 Å². The molecule has 0 bridgehead atoms. The van der Waals surface area contributed by atoms with Gasteiger partial charge < -0.3 is 15.9 Å². The molecule has 26 heavy (non-hydrogen) atoms. The maximum absolute atomic E-state index is 9.55. The minimum atomic E-state index is -1.26. The second-order valence-electron chi connectivity index (χ2n) is 5.80. The van der Waals surface area contributed by atoms with Crippen LogP contribution in [0, 0.1) is 0 Å². The fourth-order valence-electron chi connectivity index (χ4n) is 2.48. The largest absolute Gasteiger partial charge is 0.478 e. The summed E-state index contributed by atoms with van der Waals surface area (Å²) in [6.07, 6.45) is 4.13. The lowest BCUT2D eigenvalue weighted by molar-refractivity contribution is -0.134. The number of nitrogens with zero attached hydrogens (tertiary/aromatic N) is 2. The van der Waals surface area contributed by atoms with E-state index in [0.717, 1.165) is 13.0 Å². The fourth-order valence-corrected chi connectivity index (χ4v) is 3.48. The fraction of sp³-hybridized carbons (Fsp3) is 0.278. The normalized spacial score (nSPS) is 12.3. The molecule has 0 saturated heterocycles. The first-order valence-electron chi connectivity index (χ1n) is 8.08. The van der Waals surface area contributed by atoms with Crippen LogP contribution in [0.15, 0.2) is 36.5 Å². The van der Waals surface area contributed by atoms with Crippen molar-refractivity contribution in [2.45, 2.75) is 32.9 Å². The van der Waals surface area contributed by atoms with E-state index < -0.39 is 11.9 Å². The Morgan fingerprint density at radius 2 is 1.96 bits per heavy atom. The highest BCUT2D eigenvalue weighted by atomic mass is 32.1. The Kier molecular flexibility index (Phi) is 6.48. The zero-order valence-corrected chi connectivity index (χ0v) is 15.4. The van der Waals surface area contributed by atoms with Crippen LogP contribution in [0.3, 0.4) is 0 Å². The lowest BCUT2D eigenvalue weighted by atomic mass is 10.2. The molecular formula is C18H21N3O4S. The summed E-state index contributed by atoms with van der Waals surface area (Å²) < 4.78 is 3.37. The van der Waals surface area contributed by atoms with Crippen molar-refractivity contribution in [2.75, 3.05) is 0 Å². The van der Waals surface area contributed by atoms with Gasteiger partial charge in [0.1, 0.15) is 0 Å². The highest BCUT2D eigenvalue weighted by molar-refractivity contribution is 7.19. The van der Waals surface area contributed by atoms with Gasteiger partial charge in [-0.05, 0) is 31.5 Å². The molecule has 2 heterocycles. The summed E-state index contributed by atoms with van der Waals surface area (Å²) >= 11 is 1.87. The van der Waals surface area contributed by atoms with Crippen LogP contribution >= 0.6 is 11.3 Å². The van der Waals surface area contributed by atoms with E-state index in [4.69, 9.17) is 15.9 Å². The monoisotopic (exact) mass is 375 g/mol. The van der Waals surface area contributed by atoms with Gasteiger partial charge in [0.15, 0.2) is 0 Å². The summed E-state index contributed by atoms with van der Waals surface area (Å²) in [4.78, 5) is 20.5. The topological polar surface area (TPSA) is 118 Å². The molecule has 4 N–H and O–H groups in total. The highest BCUT2D eigenvalue weighted by Crippen LogP contribution is 2.32. The van der Waals surface area contributed by atoms with E-state index in [9.17, 15) is 9.59 Å². The number of carboxylic acid groups (broad SMARTS) is 2. The standard InChI is InChI=1S/C14H17N3S.C4H4O4/c1-3-11-6-12-13(18-11)5-4-10-7-16-17(14(10)12)8-9(2)15;5-3(6)1-2-4(7)8/h4-7,9H,3,8,15H2,1-2H3;1-2H,(H,5,6)(H,7,8)/b;2-1+/t9-;/m0./s1. The van der Waals surface area contributed by atoms with Crippen LogP contribution in [0.2, 0.25) is 0 Å². The second kappa shape index (κ2) is 8.59. The molecule has 1 aromatic carbocycles. The average Bonchev–Trinajstić information content (AvgIpc) is 3.16. The molecule has 8 heteroatoms. The molecule has 0 radical (unpaired) electrons. The van der Waals surface area contributed by atoms with E-state index in [1.54, 1.807) is 0 Å². The minimum Gasteiger partial charge on any atom is -0.478 e. The van der Waals surface area contributed by atoms with Gasteiger partial charge in [-0.1, -0.05) is 6.92 Å². The van der Waals surface area contributed by atoms with Gasteiger partial charge in [0.25, 0.3) is 0 Å². The van der Waals surface area contributed by atoms with Crippen molar-refractivity contribution in [2.24, 2.45) is 5.73 Å². The van der Waals surface area contributed by atoms with Crippen molar-refractivity contribution >= 4 is 44.3 Å². The van der Waals surface area contributed by atoms with Crippen LogP contribution in [-0.4, -0.2) is 38.0 Å². The Bertz CT molecular complexity index is 940. The number of aryl methyl sites for hydroxylation is 1. The predicted molar refractivity (Wildman–Crippen MR) is 103 cm³/mol. The highest BCUT2D eigenvalue weighted by Gasteiger charge is 2.10. The van der Waals surface area contributed by atoms with Crippen LogP contribution in [0.1, 0.15) is 18.7 Å². The SMILES string of the molecule is CCc1cc2c(ccc3cnn(C[C@H](C)N)c32)s1.O=C(O)/C=C/C(=O)O. The first kappa shape index (κ1) is 19.6. The smallest absolute Gasteiger partial charge is 0.328 e. The number of hydrogen-bond donors (Lipinski definition) is 3. The van der Waals surface area contributed by atoms with E-state index in [1.807, 2.05) is 29.1 Å². The Hall–Kier alpha value is -2.71. The molecule has 138 valence electrons. The summed E-state index contributed by atoms with van der Waals surface area (Å²) in [7, 11) is 0. The van der Waals surface area contributed by atoms with Gasteiger partial charge in [-0.3, -0.25) is 4.68 Å². The average molecular weight is 375 g/mol. The number of carboxylic acids is 2. The van der Waals surface area contributed by atoms with E-state index >= 15 is 0 Å². The maximum atomic E-state index is 9.55. The molecule has 0 aliphatic rings. The number of aromatic nitrogens is 2.